The molecular formula is C23H35IN6OS. The van der Waals surface area contributed by atoms with Crippen molar-refractivity contribution in [3.63, 3.8) is 0 Å². The lowest BCUT2D eigenvalue weighted by atomic mass is 9.96. The Hall–Kier alpha value is -1.30. The van der Waals surface area contributed by atoms with Crippen molar-refractivity contribution < 1.29 is 4.74 Å². The Morgan fingerprint density at radius 1 is 1.31 bits per heavy atom. The number of ether oxygens (including phenoxy) is 1. The van der Waals surface area contributed by atoms with E-state index in [4.69, 9.17) is 9.73 Å². The van der Waals surface area contributed by atoms with E-state index in [1.807, 2.05) is 24.4 Å². The largest absolute Gasteiger partial charge is 0.379 e. The molecular weight excluding hydrogens is 535 g/mol. The molecule has 2 aromatic rings. The number of nitrogens with zero attached hydrogens (tertiary/aromatic N) is 4. The number of halogens is 1. The van der Waals surface area contributed by atoms with Crippen LogP contribution in [-0.2, 0) is 11.3 Å². The maximum Gasteiger partial charge on any atom is 0.194 e. The zero-order chi connectivity index (χ0) is 21.5. The summed E-state index contributed by atoms with van der Waals surface area (Å²) >= 11 is 2.05. The quantitative estimate of drug-likeness (QED) is 0.303. The Balaban J connectivity index is 0.00000289. The molecule has 2 fully saturated rings. The Labute approximate surface area is 212 Å². The second-order valence-electron chi connectivity index (χ2n) is 8.26. The van der Waals surface area contributed by atoms with Gasteiger partial charge in [0.25, 0.3) is 0 Å². The molecule has 1 atom stereocenters. The lowest BCUT2D eigenvalue weighted by molar-refractivity contribution is -0.0105. The van der Waals surface area contributed by atoms with E-state index in [9.17, 15) is 0 Å². The zero-order valence-electron chi connectivity index (χ0n) is 19.0. The van der Waals surface area contributed by atoms with Gasteiger partial charge in [-0.3, -0.25) is 9.89 Å². The standard InChI is InChI=1S/C23H34N6OS.HI/c1-3-24-22(26-17-23(9-14-31-18-23)29-10-12-30-13-11-29)28(2)16-21-25-15-20(27-21)19-7-5-4-6-8-19;/h4-8,15H,3,9-14,16-18H2,1-2H3,(H,24,26)(H,25,27);1H. The van der Waals surface area contributed by atoms with E-state index < -0.39 is 0 Å². The molecule has 2 aliphatic rings. The first-order valence-corrected chi connectivity index (χ1v) is 12.3. The molecule has 1 aromatic heterocycles. The minimum atomic E-state index is 0. The van der Waals surface area contributed by atoms with Crippen molar-refractivity contribution in [2.45, 2.75) is 25.4 Å². The number of guanidine groups is 1. The number of thioether (sulfide) groups is 1. The van der Waals surface area contributed by atoms with Crippen LogP contribution in [0.2, 0.25) is 0 Å². The van der Waals surface area contributed by atoms with E-state index in [0.29, 0.717) is 6.54 Å². The van der Waals surface area contributed by atoms with Crippen LogP contribution in [0.1, 0.15) is 19.2 Å². The van der Waals surface area contributed by atoms with Gasteiger partial charge in [-0.2, -0.15) is 11.8 Å². The highest BCUT2D eigenvalue weighted by Gasteiger charge is 2.40. The van der Waals surface area contributed by atoms with Gasteiger partial charge in [-0.1, -0.05) is 30.3 Å². The molecule has 3 heterocycles. The first-order chi connectivity index (χ1) is 15.2. The molecule has 176 valence electrons. The van der Waals surface area contributed by atoms with Gasteiger partial charge in [0, 0.05) is 32.4 Å². The van der Waals surface area contributed by atoms with Gasteiger partial charge in [0.1, 0.15) is 5.82 Å². The van der Waals surface area contributed by atoms with E-state index in [1.165, 1.54) is 12.2 Å². The van der Waals surface area contributed by atoms with Gasteiger partial charge in [-0.05, 0) is 24.7 Å². The number of aromatic nitrogens is 2. The second kappa shape index (κ2) is 12.2. The van der Waals surface area contributed by atoms with Crippen LogP contribution in [0.25, 0.3) is 11.3 Å². The molecule has 0 bridgehead atoms. The number of imidazole rings is 1. The van der Waals surface area contributed by atoms with Gasteiger partial charge in [0.05, 0.1) is 43.7 Å². The maximum absolute atomic E-state index is 5.59. The lowest BCUT2D eigenvalue weighted by Crippen LogP contribution is -2.56. The van der Waals surface area contributed by atoms with Crippen molar-refractivity contribution >= 4 is 41.7 Å². The number of H-pyrrole nitrogens is 1. The zero-order valence-corrected chi connectivity index (χ0v) is 22.2. The molecule has 2 N–H and O–H groups in total. The second-order valence-corrected chi connectivity index (χ2v) is 9.37. The highest BCUT2D eigenvalue weighted by atomic mass is 127. The molecule has 0 aliphatic carbocycles. The fourth-order valence-corrected chi connectivity index (χ4v) is 5.77. The summed E-state index contributed by atoms with van der Waals surface area (Å²) in [6.07, 6.45) is 3.11. The summed E-state index contributed by atoms with van der Waals surface area (Å²) in [5.41, 5.74) is 2.34. The summed E-state index contributed by atoms with van der Waals surface area (Å²) in [7, 11) is 2.08. The minimum Gasteiger partial charge on any atom is -0.379 e. The predicted octanol–water partition coefficient (Wildman–Crippen LogP) is 3.30. The van der Waals surface area contributed by atoms with Crippen molar-refractivity contribution in [1.29, 1.82) is 0 Å². The number of aliphatic imine (C=N–C) groups is 1. The smallest absolute Gasteiger partial charge is 0.194 e. The molecule has 7 nitrogen and oxygen atoms in total. The van der Waals surface area contributed by atoms with E-state index in [1.54, 1.807) is 0 Å². The van der Waals surface area contributed by atoms with E-state index in [0.717, 1.165) is 68.2 Å². The SMILES string of the molecule is CCNC(=NCC1(N2CCOCC2)CCSC1)N(C)Cc1ncc(-c2ccccc2)[nH]1.I. The molecule has 1 aromatic carbocycles. The number of benzene rings is 1. The molecule has 1 unspecified atom stereocenters. The van der Waals surface area contributed by atoms with Crippen LogP contribution in [0.4, 0.5) is 0 Å². The normalized spacial score (nSPS) is 21.9. The topological polar surface area (TPSA) is 68.8 Å². The number of rotatable bonds is 7. The van der Waals surface area contributed by atoms with Crippen molar-refractivity contribution in [3.05, 3.63) is 42.4 Å². The van der Waals surface area contributed by atoms with E-state index in [2.05, 4.69) is 63.0 Å². The van der Waals surface area contributed by atoms with E-state index in [-0.39, 0.29) is 29.5 Å². The monoisotopic (exact) mass is 570 g/mol. The number of aromatic amines is 1. The molecule has 9 heteroatoms. The van der Waals surface area contributed by atoms with Crippen LogP contribution in [0.5, 0.6) is 0 Å². The Morgan fingerprint density at radius 3 is 2.78 bits per heavy atom. The minimum absolute atomic E-state index is 0. The van der Waals surface area contributed by atoms with Gasteiger partial charge in [-0.25, -0.2) is 4.98 Å². The number of morpholine rings is 1. The maximum atomic E-state index is 5.59. The van der Waals surface area contributed by atoms with Crippen molar-refractivity contribution in [3.8, 4) is 11.3 Å². The third-order valence-electron chi connectivity index (χ3n) is 6.08. The van der Waals surface area contributed by atoms with Crippen LogP contribution >= 0.6 is 35.7 Å². The predicted molar refractivity (Wildman–Crippen MR) is 144 cm³/mol. The van der Waals surface area contributed by atoms with Gasteiger partial charge >= 0.3 is 0 Å². The fourth-order valence-electron chi connectivity index (χ4n) is 4.31. The molecule has 0 amide bonds. The van der Waals surface area contributed by atoms with Gasteiger partial charge in [-0.15, -0.1) is 24.0 Å². The fraction of sp³-hybridized carbons (Fsp3) is 0.565. The summed E-state index contributed by atoms with van der Waals surface area (Å²) in [5.74, 6) is 4.24. The van der Waals surface area contributed by atoms with Gasteiger partial charge in [0.2, 0.25) is 0 Å². The Morgan fingerprint density at radius 2 is 2.09 bits per heavy atom. The summed E-state index contributed by atoms with van der Waals surface area (Å²) in [5, 5.41) is 3.47. The third-order valence-corrected chi connectivity index (χ3v) is 7.32. The Kier molecular flexibility index (Phi) is 9.69. The van der Waals surface area contributed by atoms with Gasteiger partial charge < -0.3 is 19.9 Å². The van der Waals surface area contributed by atoms with Crippen molar-refractivity contribution in [2.24, 2.45) is 4.99 Å². The van der Waals surface area contributed by atoms with Crippen LogP contribution in [-0.4, -0.2) is 89.2 Å². The Bertz CT molecular complexity index is 849. The summed E-state index contributed by atoms with van der Waals surface area (Å²) in [6.45, 7) is 8.14. The molecule has 2 saturated heterocycles. The van der Waals surface area contributed by atoms with Crippen LogP contribution < -0.4 is 5.32 Å². The number of hydrogen-bond acceptors (Lipinski definition) is 5. The van der Waals surface area contributed by atoms with Crippen LogP contribution in [0.15, 0.2) is 41.5 Å². The highest BCUT2D eigenvalue weighted by Crippen LogP contribution is 2.34. The molecule has 4 rings (SSSR count). The summed E-state index contributed by atoms with van der Waals surface area (Å²) < 4.78 is 5.59. The van der Waals surface area contributed by atoms with Crippen LogP contribution in [0.3, 0.4) is 0 Å². The summed E-state index contributed by atoms with van der Waals surface area (Å²) in [4.78, 5) is 17.9. The molecule has 2 aliphatic heterocycles. The number of nitrogens with one attached hydrogen (secondary N) is 2. The molecule has 32 heavy (non-hydrogen) atoms. The average Bonchev–Trinajstić information content (AvgIpc) is 3.48. The highest BCUT2D eigenvalue weighted by molar-refractivity contribution is 14.0. The van der Waals surface area contributed by atoms with Crippen molar-refractivity contribution in [2.75, 3.05) is 57.9 Å². The third kappa shape index (κ3) is 6.18. The molecule has 0 spiro atoms. The lowest BCUT2D eigenvalue weighted by Gasteiger charge is -2.42. The van der Waals surface area contributed by atoms with E-state index >= 15 is 0 Å². The van der Waals surface area contributed by atoms with Gasteiger partial charge in [0.15, 0.2) is 5.96 Å². The average molecular weight is 571 g/mol. The molecule has 0 radical (unpaired) electrons. The first-order valence-electron chi connectivity index (χ1n) is 11.2. The first kappa shape index (κ1) is 25.3. The van der Waals surface area contributed by atoms with Crippen molar-refractivity contribution in [1.82, 2.24) is 25.1 Å². The van der Waals surface area contributed by atoms with Crippen LogP contribution in [0, 0.1) is 0 Å². The molecule has 0 saturated carbocycles. The summed E-state index contributed by atoms with van der Waals surface area (Å²) in [6, 6.07) is 10.3. The number of hydrogen-bond donors (Lipinski definition) is 2.